The first-order chi connectivity index (χ1) is 15.9. The van der Waals surface area contributed by atoms with Crippen molar-refractivity contribution in [2.75, 3.05) is 11.9 Å². The fourth-order valence-electron chi connectivity index (χ4n) is 3.43. The van der Waals surface area contributed by atoms with Crippen molar-refractivity contribution in [1.29, 1.82) is 0 Å². The minimum absolute atomic E-state index is 0. The van der Waals surface area contributed by atoms with E-state index >= 15 is 0 Å². The standard InChI is InChI=1S/C27H27ClN2O3.ClH/c1-19(27(33)21-9-3-2-4-10-21)29-17-16-25(31)22-11-7-12-23(18-22)30-26(32)15-14-20-8-5-6-13-24(20)28;/h2-15,18-19,27,29,33H,16-17H2,1H3,(H,30,32);1H/b15-14+;. The van der Waals surface area contributed by atoms with E-state index in [1.165, 1.54) is 6.08 Å². The van der Waals surface area contributed by atoms with Crippen LogP contribution in [-0.2, 0) is 4.79 Å². The van der Waals surface area contributed by atoms with Crippen molar-refractivity contribution in [3.05, 3.63) is 107 Å². The number of carbonyl (C=O) groups excluding carboxylic acids is 2. The van der Waals surface area contributed by atoms with Crippen molar-refractivity contribution in [3.8, 4) is 0 Å². The fourth-order valence-corrected chi connectivity index (χ4v) is 3.63. The highest BCUT2D eigenvalue weighted by atomic mass is 35.5. The molecule has 0 saturated carbocycles. The topological polar surface area (TPSA) is 83.0 Å². The van der Waals surface area contributed by atoms with E-state index in [2.05, 4.69) is 5.32 Å². The van der Waals surface area contributed by atoms with Gasteiger partial charge in [0.15, 0.2) is 5.78 Å². The number of anilines is 1. The van der Waals surface area contributed by atoms with Crippen LogP contribution >= 0.6 is 11.6 Å². The molecule has 0 saturated heterocycles. The third kappa shape index (κ3) is 8.12. The van der Waals surface area contributed by atoms with E-state index in [-0.39, 0.29) is 30.1 Å². The number of halogens is 2. The van der Waals surface area contributed by atoms with Gasteiger partial charge < -0.3 is 28.1 Å². The first kappa shape index (κ1) is 27.3. The highest BCUT2D eigenvalue weighted by molar-refractivity contribution is 6.32. The molecule has 0 bridgehead atoms. The molecule has 0 aliphatic rings. The Labute approximate surface area is 211 Å². The molecular formula is C27H28Cl2N2O3. The van der Waals surface area contributed by atoms with Crippen molar-refractivity contribution in [3.63, 3.8) is 0 Å². The molecule has 3 aromatic rings. The number of ketones is 1. The summed E-state index contributed by atoms with van der Waals surface area (Å²) in [6.07, 6.45) is 2.78. The lowest BCUT2D eigenvalue weighted by Gasteiger charge is -2.17. The van der Waals surface area contributed by atoms with E-state index in [9.17, 15) is 14.7 Å². The molecule has 0 radical (unpaired) electrons. The van der Waals surface area contributed by atoms with E-state index in [0.717, 1.165) is 11.1 Å². The summed E-state index contributed by atoms with van der Waals surface area (Å²) in [5.41, 5.74) is 2.69. The third-order valence-corrected chi connectivity index (χ3v) is 5.66. The first-order valence-electron chi connectivity index (χ1n) is 10.9. The Hall–Kier alpha value is -2.96. The second-order valence-electron chi connectivity index (χ2n) is 7.84. The maximum absolute atomic E-state index is 12.6. The zero-order chi connectivity index (χ0) is 23.6. The number of benzene rings is 3. The SMILES string of the molecule is CC([NH2+]CCC(=O)c1cccc(NC(=O)/C=C/c2ccccc2Cl)c1)C(O)c1ccccc1.[Cl-]. The van der Waals surface area contributed by atoms with Gasteiger partial charge in [0.05, 0.1) is 13.0 Å². The first-order valence-corrected chi connectivity index (χ1v) is 11.2. The van der Waals surface area contributed by atoms with Crippen LogP contribution in [0.5, 0.6) is 0 Å². The van der Waals surface area contributed by atoms with E-state index < -0.39 is 6.10 Å². The Morgan fingerprint density at radius 1 is 1.03 bits per heavy atom. The molecule has 2 unspecified atom stereocenters. The lowest BCUT2D eigenvalue weighted by Crippen LogP contribution is -3.00. The molecule has 0 aliphatic carbocycles. The molecule has 0 heterocycles. The van der Waals surface area contributed by atoms with Crippen LogP contribution in [0.3, 0.4) is 0 Å². The second-order valence-corrected chi connectivity index (χ2v) is 8.24. The van der Waals surface area contributed by atoms with Crippen LogP contribution in [0, 0.1) is 0 Å². The van der Waals surface area contributed by atoms with Gasteiger partial charge in [-0.25, -0.2) is 0 Å². The van der Waals surface area contributed by atoms with Gasteiger partial charge >= 0.3 is 0 Å². The highest BCUT2D eigenvalue weighted by Gasteiger charge is 2.19. The molecule has 4 N–H and O–H groups in total. The molecular weight excluding hydrogens is 471 g/mol. The van der Waals surface area contributed by atoms with Crippen LogP contribution in [0.15, 0.2) is 84.9 Å². The molecule has 2 atom stereocenters. The third-order valence-electron chi connectivity index (χ3n) is 5.32. The van der Waals surface area contributed by atoms with Crippen LogP contribution in [-0.4, -0.2) is 29.4 Å². The maximum Gasteiger partial charge on any atom is 0.248 e. The molecule has 0 aromatic heterocycles. The Bertz CT molecular complexity index is 1120. The Kier molecular flexibility index (Phi) is 11.0. The Balaban J connectivity index is 0.00000408. The number of aliphatic hydroxyl groups is 1. The average molecular weight is 499 g/mol. The zero-order valence-corrected chi connectivity index (χ0v) is 20.3. The van der Waals surface area contributed by atoms with Gasteiger partial charge in [0.1, 0.15) is 12.1 Å². The van der Waals surface area contributed by atoms with Crippen molar-refractivity contribution >= 4 is 35.1 Å². The monoisotopic (exact) mass is 498 g/mol. The lowest BCUT2D eigenvalue weighted by molar-refractivity contribution is -0.693. The van der Waals surface area contributed by atoms with Crippen LogP contribution in [0.4, 0.5) is 5.69 Å². The van der Waals surface area contributed by atoms with E-state index in [1.54, 1.807) is 36.4 Å². The number of hydrogen-bond donors (Lipinski definition) is 3. The van der Waals surface area contributed by atoms with Gasteiger partial charge in [0.2, 0.25) is 5.91 Å². The van der Waals surface area contributed by atoms with Gasteiger partial charge in [0.25, 0.3) is 0 Å². The molecule has 178 valence electrons. The molecule has 1 amide bonds. The van der Waals surface area contributed by atoms with Crippen molar-refractivity contribution in [1.82, 2.24) is 0 Å². The summed E-state index contributed by atoms with van der Waals surface area (Å²) in [5.74, 6) is -0.327. The van der Waals surface area contributed by atoms with Gasteiger partial charge in [-0.15, -0.1) is 0 Å². The molecule has 3 rings (SSSR count). The summed E-state index contributed by atoms with van der Waals surface area (Å²) < 4.78 is 0. The van der Waals surface area contributed by atoms with E-state index in [1.807, 2.05) is 60.8 Å². The summed E-state index contributed by atoms with van der Waals surface area (Å²) in [6.45, 7) is 2.50. The number of quaternary nitrogens is 1. The van der Waals surface area contributed by atoms with Gasteiger partial charge in [-0.1, -0.05) is 72.3 Å². The largest absolute Gasteiger partial charge is 1.00 e. The number of hydrogen-bond acceptors (Lipinski definition) is 3. The number of Topliss-reactive ketones (excluding diaryl/α,β-unsaturated/α-hetero) is 1. The predicted octanol–water partition coefficient (Wildman–Crippen LogP) is 1.25. The fraction of sp³-hybridized carbons (Fsp3) is 0.185. The van der Waals surface area contributed by atoms with E-state index in [0.29, 0.717) is 29.2 Å². The Morgan fingerprint density at radius 3 is 2.47 bits per heavy atom. The van der Waals surface area contributed by atoms with Crippen LogP contribution < -0.4 is 23.0 Å². The zero-order valence-electron chi connectivity index (χ0n) is 18.8. The van der Waals surface area contributed by atoms with Crippen LogP contribution in [0.1, 0.15) is 40.9 Å². The molecule has 3 aromatic carbocycles. The lowest BCUT2D eigenvalue weighted by atomic mass is 10.0. The van der Waals surface area contributed by atoms with Gasteiger partial charge in [-0.05, 0) is 42.3 Å². The molecule has 7 heteroatoms. The summed E-state index contributed by atoms with van der Waals surface area (Å²) in [6, 6.07) is 23.6. The molecule has 0 spiro atoms. The number of amides is 1. The summed E-state index contributed by atoms with van der Waals surface area (Å²) in [4.78, 5) is 24.9. The number of carbonyl (C=O) groups is 2. The van der Waals surface area contributed by atoms with Crippen LogP contribution in [0.2, 0.25) is 5.02 Å². The predicted molar refractivity (Wildman–Crippen MR) is 132 cm³/mol. The Morgan fingerprint density at radius 2 is 1.74 bits per heavy atom. The average Bonchev–Trinajstić information content (AvgIpc) is 2.83. The summed E-state index contributed by atoms with van der Waals surface area (Å²) >= 11 is 6.10. The highest BCUT2D eigenvalue weighted by Crippen LogP contribution is 2.17. The van der Waals surface area contributed by atoms with Crippen LogP contribution in [0.25, 0.3) is 6.08 Å². The van der Waals surface area contributed by atoms with Crippen molar-refractivity contribution in [2.24, 2.45) is 0 Å². The van der Waals surface area contributed by atoms with Crippen molar-refractivity contribution in [2.45, 2.75) is 25.5 Å². The van der Waals surface area contributed by atoms with Gasteiger partial charge in [0, 0.05) is 22.3 Å². The minimum atomic E-state index is -0.598. The van der Waals surface area contributed by atoms with Crippen molar-refractivity contribution < 1.29 is 32.4 Å². The number of nitrogens with two attached hydrogens (primary N) is 1. The maximum atomic E-state index is 12.6. The quantitative estimate of drug-likeness (QED) is 0.290. The summed E-state index contributed by atoms with van der Waals surface area (Å²) in [5, 5.41) is 15.8. The number of aliphatic hydroxyl groups excluding tert-OH is 1. The second kappa shape index (κ2) is 13.7. The number of rotatable bonds is 10. The normalized spacial score (nSPS) is 12.6. The molecule has 34 heavy (non-hydrogen) atoms. The minimum Gasteiger partial charge on any atom is -1.00 e. The van der Waals surface area contributed by atoms with E-state index in [4.69, 9.17) is 11.6 Å². The van der Waals surface area contributed by atoms with Gasteiger partial charge in [-0.2, -0.15) is 0 Å². The van der Waals surface area contributed by atoms with Gasteiger partial charge in [-0.3, -0.25) is 9.59 Å². The number of nitrogens with one attached hydrogen (secondary N) is 1. The molecule has 0 aliphatic heterocycles. The smallest absolute Gasteiger partial charge is 0.248 e. The molecule has 0 fully saturated rings. The summed E-state index contributed by atoms with van der Waals surface area (Å²) in [7, 11) is 0. The molecule has 5 nitrogen and oxygen atoms in total.